The normalized spacial score (nSPS) is 10.9. The van der Waals surface area contributed by atoms with Gasteiger partial charge in [-0.25, -0.2) is 0 Å². The summed E-state index contributed by atoms with van der Waals surface area (Å²) in [7, 11) is 0. The molecule has 0 atom stereocenters. The summed E-state index contributed by atoms with van der Waals surface area (Å²) in [4.78, 5) is 0. The standard InChI is InChI=1S/C13H17NO/c1-10-5-6-12(9-11(10)2)15-13(3,4)7-8-14/h5-6,9H,7H2,1-4H3. The van der Waals surface area contributed by atoms with Crippen LogP contribution in [0.2, 0.25) is 0 Å². The van der Waals surface area contributed by atoms with E-state index in [-0.39, 0.29) is 0 Å². The van der Waals surface area contributed by atoms with Crippen LogP contribution in [0.25, 0.3) is 0 Å². The topological polar surface area (TPSA) is 33.0 Å². The molecular formula is C13H17NO. The lowest BCUT2D eigenvalue weighted by Gasteiger charge is -2.24. The van der Waals surface area contributed by atoms with Crippen LogP contribution in [0.15, 0.2) is 18.2 Å². The van der Waals surface area contributed by atoms with Crippen molar-refractivity contribution in [2.24, 2.45) is 0 Å². The Hall–Kier alpha value is -1.49. The van der Waals surface area contributed by atoms with Gasteiger partial charge >= 0.3 is 0 Å². The van der Waals surface area contributed by atoms with Crippen LogP contribution in [-0.2, 0) is 0 Å². The lowest BCUT2D eigenvalue weighted by molar-refractivity contribution is 0.115. The van der Waals surface area contributed by atoms with Gasteiger partial charge in [0.05, 0.1) is 12.5 Å². The number of nitriles is 1. The summed E-state index contributed by atoms with van der Waals surface area (Å²) in [5.41, 5.74) is 2.04. The molecule has 0 spiro atoms. The highest BCUT2D eigenvalue weighted by molar-refractivity contribution is 5.34. The first-order valence-electron chi connectivity index (χ1n) is 5.08. The SMILES string of the molecule is Cc1ccc(OC(C)(C)CC#N)cc1C. The van der Waals surface area contributed by atoms with E-state index in [1.165, 1.54) is 11.1 Å². The third-order valence-corrected chi connectivity index (χ3v) is 2.38. The van der Waals surface area contributed by atoms with Gasteiger partial charge in [-0.15, -0.1) is 0 Å². The second-order valence-corrected chi connectivity index (χ2v) is 4.44. The Bertz CT molecular complexity index is 388. The highest BCUT2D eigenvalue weighted by Crippen LogP contribution is 2.23. The van der Waals surface area contributed by atoms with E-state index in [9.17, 15) is 0 Å². The molecule has 0 bridgehead atoms. The maximum atomic E-state index is 8.65. The van der Waals surface area contributed by atoms with Crippen LogP contribution in [0.4, 0.5) is 0 Å². The molecule has 0 aliphatic rings. The second kappa shape index (κ2) is 4.35. The molecule has 0 aromatic heterocycles. The monoisotopic (exact) mass is 203 g/mol. The van der Waals surface area contributed by atoms with Crippen molar-refractivity contribution in [3.63, 3.8) is 0 Å². The van der Waals surface area contributed by atoms with Gasteiger partial charge < -0.3 is 4.74 Å². The highest BCUT2D eigenvalue weighted by atomic mass is 16.5. The van der Waals surface area contributed by atoms with Gasteiger partial charge in [-0.1, -0.05) is 6.07 Å². The zero-order valence-electron chi connectivity index (χ0n) is 9.79. The van der Waals surface area contributed by atoms with Crippen LogP contribution in [0.5, 0.6) is 5.75 Å². The van der Waals surface area contributed by atoms with Crippen molar-refractivity contribution in [3.05, 3.63) is 29.3 Å². The molecule has 1 aromatic carbocycles. The molecule has 1 aromatic rings. The van der Waals surface area contributed by atoms with E-state index in [0.29, 0.717) is 6.42 Å². The average Bonchev–Trinajstić information content (AvgIpc) is 2.10. The molecule has 0 unspecified atom stereocenters. The molecule has 0 aliphatic heterocycles. The van der Waals surface area contributed by atoms with Crippen molar-refractivity contribution >= 4 is 0 Å². The first kappa shape index (κ1) is 11.6. The number of hydrogen-bond donors (Lipinski definition) is 0. The van der Waals surface area contributed by atoms with Crippen LogP contribution in [0.1, 0.15) is 31.4 Å². The third kappa shape index (κ3) is 3.28. The van der Waals surface area contributed by atoms with Crippen molar-refractivity contribution in [1.82, 2.24) is 0 Å². The fourth-order valence-electron chi connectivity index (χ4n) is 1.32. The van der Waals surface area contributed by atoms with E-state index >= 15 is 0 Å². The van der Waals surface area contributed by atoms with Gasteiger partial charge in [-0.05, 0) is 51.0 Å². The zero-order chi connectivity index (χ0) is 11.5. The smallest absolute Gasteiger partial charge is 0.120 e. The predicted octanol–water partition coefficient (Wildman–Crippen LogP) is 3.37. The van der Waals surface area contributed by atoms with E-state index < -0.39 is 5.60 Å². The molecular weight excluding hydrogens is 186 g/mol. The molecule has 0 amide bonds. The minimum atomic E-state index is -0.420. The summed E-state index contributed by atoms with van der Waals surface area (Å²) in [6.45, 7) is 7.97. The molecule has 1 rings (SSSR count). The lowest BCUT2D eigenvalue weighted by Crippen LogP contribution is -2.27. The summed E-state index contributed by atoms with van der Waals surface area (Å²) in [5, 5.41) is 8.65. The van der Waals surface area contributed by atoms with Crippen molar-refractivity contribution < 1.29 is 4.74 Å². The lowest BCUT2D eigenvalue weighted by atomic mass is 10.1. The maximum absolute atomic E-state index is 8.65. The van der Waals surface area contributed by atoms with Gasteiger partial charge in [0.25, 0.3) is 0 Å². The third-order valence-electron chi connectivity index (χ3n) is 2.38. The first-order chi connectivity index (χ1) is 6.94. The van der Waals surface area contributed by atoms with Crippen molar-refractivity contribution in [2.45, 2.75) is 39.7 Å². The van der Waals surface area contributed by atoms with Gasteiger partial charge in [-0.3, -0.25) is 0 Å². The Morgan fingerprint density at radius 1 is 1.27 bits per heavy atom. The highest BCUT2D eigenvalue weighted by Gasteiger charge is 2.19. The quantitative estimate of drug-likeness (QED) is 0.754. The molecule has 0 heterocycles. The molecule has 2 nitrogen and oxygen atoms in total. The average molecular weight is 203 g/mol. The Morgan fingerprint density at radius 2 is 1.93 bits per heavy atom. The van der Waals surface area contributed by atoms with Gasteiger partial charge in [0.15, 0.2) is 0 Å². The summed E-state index contributed by atoms with van der Waals surface area (Å²) < 4.78 is 5.76. The van der Waals surface area contributed by atoms with Crippen molar-refractivity contribution in [1.29, 1.82) is 5.26 Å². The van der Waals surface area contributed by atoms with Gasteiger partial charge in [0.2, 0.25) is 0 Å². The Labute approximate surface area is 91.5 Å². The van der Waals surface area contributed by atoms with E-state index in [0.717, 1.165) is 5.75 Å². The molecule has 0 saturated carbocycles. The molecule has 0 fully saturated rings. The van der Waals surface area contributed by atoms with Gasteiger partial charge in [0, 0.05) is 0 Å². The Morgan fingerprint density at radius 3 is 2.47 bits per heavy atom. The summed E-state index contributed by atoms with van der Waals surface area (Å²) >= 11 is 0. The summed E-state index contributed by atoms with van der Waals surface area (Å²) in [6.07, 6.45) is 0.389. The fraction of sp³-hybridized carbons (Fsp3) is 0.462. The van der Waals surface area contributed by atoms with Gasteiger partial charge in [0.1, 0.15) is 11.4 Å². The maximum Gasteiger partial charge on any atom is 0.120 e. The number of ether oxygens (including phenoxy) is 1. The molecule has 0 aliphatic carbocycles. The first-order valence-corrected chi connectivity index (χ1v) is 5.08. The van der Waals surface area contributed by atoms with Crippen molar-refractivity contribution in [2.75, 3.05) is 0 Å². The Balaban J connectivity index is 2.82. The molecule has 2 heteroatoms. The molecule has 0 radical (unpaired) electrons. The largest absolute Gasteiger partial charge is 0.487 e. The molecule has 15 heavy (non-hydrogen) atoms. The number of aryl methyl sites for hydroxylation is 2. The van der Waals surface area contributed by atoms with E-state index in [2.05, 4.69) is 19.9 Å². The molecule has 0 N–H and O–H groups in total. The van der Waals surface area contributed by atoms with Crippen LogP contribution in [0, 0.1) is 25.2 Å². The number of benzene rings is 1. The van der Waals surface area contributed by atoms with Crippen LogP contribution < -0.4 is 4.74 Å². The Kier molecular flexibility index (Phi) is 3.36. The number of hydrogen-bond acceptors (Lipinski definition) is 2. The molecule has 80 valence electrons. The minimum Gasteiger partial charge on any atom is -0.487 e. The summed E-state index contributed by atoms with van der Waals surface area (Å²) in [5.74, 6) is 0.832. The van der Waals surface area contributed by atoms with Crippen molar-refractivity contribution in [3.8, 4) is 11.8 Å². The predicted molar refractivity (Wildman–Crippen MR) is 60.9 cm³/mol. The fourth-order valence-corrected chi connectivity index (χ4v) is 1.32. The second-order valence-electron chi connectivity index (χ2n) is 4.44. The van der Waals surface area contributed by atoms with Crippen LogP contribution >= 0.6 is 0 Å². The molecule has 0 saturated heterocycles. The summed E-state index contributed by atoms with van der Waals surface area (Å²) in [6, 6.07) is 8.12. The van der Waals surface area contributed by atoms with Crippen LogP contribution in [0.3, 0.4) is 0 Å². The zero-order valence-corrected chi connectivity index (χ0v) is 9.79. The van der Waals surface area contributed by atoms with Gasteiger partial charge in [-0.2, -0.15) is 5.26 Å². The van der Waals surface area contributed by atoms with E-state index in [1.54, 1.807) is 0 Å². The van der Waals surface area contributed by atoms with E-state index in [1.807, 2.05) is 32.0 Å². The van der Waals surface area contributed by atoms with E-state index in [4.69, 9.17) is 10.00 Å². The minimum absolute atomic E-state index is 0.389. The van der Waals surface area contributed by atoms with Crippen LogP contribution in [-0.4, -0.2) is 5.60 Å². The number of rotatable bonds is 3. The number of nitrogens with zero attached hydrogens (tertiary/aromatic N) is 1.